The second-order valence-corrected chi connectivity index (χ2v) is 6.45. The lowest BCUT2D eigenvalue weighted by atomic mass is 10.2. The van der Waals surface area contributed by atoms with Crippen LogP contribution >= 0.6 is 11.6 Å². The van der Waals surface area contributed by atoms with Crippen molar-refractivity contribution in [2.45, 2.75) is 12.6 Å². The molecule has 0 aliphatic rings. The molecule has 0 bridgehead atoms. The van der Waals surface area contributed by atoms with E-state index in [0.29, 0.717) is 12.1 Å². The van der Waals surface area contributed by atoms with Gasteiger partial charge in [-0.25, -0.2) is 0 Å². The fraction of sp³-hybridized carbons (Fsp3) is 0.455. The molecule has 1 aromatic carbocycles. The minimum Gasteiger partial charge on any atom is -0.396 e. The van der Waals surface area contributed by atoms with Gasteiger partial charge in [-0.05, 0) is 24.6 Å². The molecule has 1 aromatic rings. The third kappa shape index (κ3) is 5.34. The van der Waals surface area contributed by atoms with Gasteiger partial charge in [0, 0.05) is 25.2 Å². The Morgan fingerprint density at radius 3 is 2.48 bits per heavy atom. The van der Waals surface area contributed by atoms with E-state index in [0.717, 1.165) is 10.4 Å². The van der Waals surface area contributed by atoms with Crippen molar-refractivity contribution in [1.29, 1.82) is 0 Å². The summed E-state index contributed by atoms with van der Waals surface area (Å²) in [6.45, 7) is -0.173. The number of aliphatic hydroxyl groups is 1. The Morgan fingerprint density at radius 2 is 1.95 bits per heavy atom. The minimum atomic E-state index is -4.63. The molecule has 0 amide bonds. The maximum absolute atomic E-state index is 12.6. The smallest absolute Gasteiger partial charge is 0.396 e. The molecule has 0 fully saturated rings. The van der Waals surface area contributed by atoms with Crippen LogP contribution in [0.3, 0.4) is 0 Å². The van der Waals surface area contributed by atoms with E-state index in [9.17, 15) is 21.6 Å². The van der Waals surface area contributed by atoms with Gasteiger partial charge in [0.05, 0.1) is 11.3 Å². The van der Waals surface area contributed by atoms with Gasteiger partial charge in [-0.2, -0.15) is 25.9 Å². The fourth-order valence-electron chi connectivity index (χ4n) is 1.45. The Hall–Kier alpha value is -1.03. The van der Waals surface area contributed by atoms with Crippen LogP contribution in [0.1, 0.15) is 12.0 Å². The van der Waals surface area contributed by atoms with Crippen LogP contribution in [0.2, 0.25) is 5.02 Å². The van der Waals surface area contributed by atoms with Crippen molar-refractivity contribution in [3.05, 3.63) is 28.8 Å². The summed E-state index contributed by atoms with van der Waals surface area (Å²) in [5, 5.41) is 8.41. The zero-order valence-corrected chi connectivity index (χ0v) is 12.6. The number of nitrogens with zero attached hydrogens (tertiary/aromatic N) is 1. The first-order valence-corrected chi connectivity index (χ1v) is 7.61. The summed E-state index contributed by atoms with van der Waals surface area (Å²) in [5.41, 5.74) is -1.34. The molecule has 1 rings (SSSR count). The Morgan fingerprint density at radius 1 is 1.33 bits per heavy atom. The highest BCUT2D eigenvalue weighted by atomic mass is 35.5. The van der Waals surface area contributed by atoms with Gasteiger partial charge in [0.15, 0.2) is 0 Å². The molecule has 0 aromatic heterocycles. The first-order chi connectivity index (χ1) is 9.56. The standard InChI is InChI=1S/C11H14ClF3N2O3S/c1-17(3-2-4-18)21(19,20)16-10-6-8(11(13,14)15)5-9(12)7-10/h5-7,16,18H,2-4H2,1H3. The number of rotatable bonds is 6. The van der Waals surface area contributed by atoms with Crippen molar-refractivity contribution in [1.82, 2.24) is 4.31 Å². The van der Waals surface area contributed by atoms with Crippen molar-refractivity contribution in [3.8, 4) is 0 Å². The molecule has 5 nitrogen and oxygen atoms in total. The van der Waals surface area contributed by atoms with Crippen molar-refractivity contribution in [2.75, 3.05) is 24.9 Å². The Balaban J connectivity index is 3.00. The van der Waals surface area contributed by atoms with E-state index in [2.05, 4.69) is 0 Å². The first kappa shape index (κ1) is 18.0. The molecular formula is C11H14ClF3N2O3S. The van der Waals surface area contributed by atoms with Gasteiger partial charge in [-0.3, -0.25) is 4.72 Å². The quantitative estimate of drug-likeness (QED) is 0.830. The van der Waals surface area contributed by atoms with Crippen molar-refractivity contribution in [3.63, 3.8) is 0 Å². The molecule has 10 heteroatoms. The summed E-state index contributed by atoms with van der Waals surface area (Å²) in [4.78, 5) is 0. The molecule has 0 saturated heterocycles. The number of nitrogens with one attached hydrogen (secondary N) is 1. The Bertz CT molecular complexity index is 593. The van der Waals surface area contributed by atoms with Gasteiger partial charge in [0.1, 0.15) is 0 Å². The molecule has 0 saturated carbocycles. The van der Waals surface area contributed by atoms with Crippen LogP contribution in [-0.2, 0) is 16.4 Å². The number of hydrogen-bond acceptors (Lipinski definition) is 3. The zero-order chi connectivity index (χ0) is 16.3. The average molecular weight is 347 g/mol. The Labute approximate surface area is 125 Å². The van der Waals surface area contributed by atoms with Crippen LogP contribution in [0, 0.1) is 0 Å². The topological polar surface area (TPSA) is 69.6 Å². The van der Waals surface area contributed by atoms with E-state index in [1.54, 1.807) is 0 Å². The van der Waals surface area contributed by atoms with Gasteiger partial charge in [-0.1, -0.05) is 11.6 Å². The lowest BCUT2D eigenvalue weighted by Gasteiger charge is -2.18. The highest BCUT2D eigenvalue weighted by molar-refractivity contribution is 7.90. The maximum atomic E-state index is 12.6. The molecule has 0 atom stereocenters. The fourth-order valence-corrected chi connectivity index (χ4v) is 2.63. The average Bonchev–Trinajstić information content (AvgIpc) is 2.33. The van der Waals surface area contributed by atoms with Gasteiger partial charge >= 0.3 is 16.4 Å². The summed E-state index contributed by atoms with van der Waals surface area (Å²) < 4.78 is 64.6. The normalized spacial score (nSPS) is 12.7. The lowest BCUT2D eigenvalue weighted by molar-refractivity contribution is -0.137. The molecule has 0 aliphatic carbocycles. The van der Waals surface area contributed by atoms with Crippen LogP contribution in [0.4, 0.5) is 18.9 Å². The van der Waals surface area contributed by atoms with Crippen LogP contribution in [0.5, 0.6) is 0 Å². The van der Waals surface area contributed by atoms with Crippen molar-refractivity contribution < 1.29 is 26.7 Å². The highest BCUT2D eigenvalue weighted by Gasteiger charge is 2.31. The summed E-state index contributed by atoms with van der Waals surface area (Å²) in [6, 6.07) is 2.44. The molecule has 0 aliphatic heterocycles. The van der Waals surface area contributed by atoms with Crippen LogP contribution in [0.25, 0.3) is 0 Å². The molecular weight excluding hydrogens is 333 g/mol. The second kappa shape index (κ2) is 6.82. The van der Waals surface area contributed by atoms with Crippen LogP contribution in [0.15, 0.2) is 18.2 Å². The van der Waals surface area contributed by atoms with E-state index in [4.69, 9.17) is 16.7 Å². The monoisotopic (exact) mass is 346 g/mol. The maximum Gasteiger partial charge on any atom is 0.416 e. The van der Waals surface area contributed by atoms with Gasteiger partial charge in [0.25, 0.3) is 0 Å². The van der Waals surface area contributed by atoms with Gasteiger partial charge in [-0.15, -0.1) is 0 Å². The summed E-state index contributed by atoms with van der Waals surface area (Å²) in [6.07, 6.45) is -4.42. The lowest BCUT2D eigenvalue weighted by Crippen LogP contribution is -2.33. The van der Waals surface area contributed by atoms with E-state index < -0.39 is 21.9 Å². The highest BCUT2D eigenvalue weighted by Crippen LogP contribution is 2.33. The third-order valence-electron chi connectivity index (χ3n) is 2.51. The number of alkyl halides is 3. The van der Waals surface area contributed by atoms with E-state index >= 15 is 0 Å². The summed E-state index contributed by atoms with van der Waals surface area (Å²) >= 11 is 5.57. The Kier molecular flexibility index (Phi) is 5.85. The molecule has 0 radical (unpaired) electrons. The molecule has 0 heterocycles. The molecule has 0 unspecified atom stereocenters. The SMILES string of the molecule is CN(CCCO)S(=O)(=O)Nc1cc(Cl)cc(C(F)(F)F)c1. The van der Waals surface area contributed by atoms with Gasteiger partial charge < -0.3 is 5.11 Å². The van der Waals surface area contributed by atoms with E-state index in [1.807, 2.05) is 4.72 Å². The zero-order valence-electron chi connectivity index (χ0n) is 11.0. The van der Waals surface area contributed by atoms with E-state index in [1.165, 1.54) is 7.05 Å². The molecule has 0 spiro atoms. The molecule has 21 heavy (non-hydrogen) atoms. The van der Waals surface area contributed by atoms with Crippen molar-refractivity contribution in [2.24, 2.45) is 0 Å². The number of aliphatic hydroxyl groups excluding tert-OH is 1. The predicted octanol–water partition coefficient (Wildman–Crippen LogP) is 2.33. The summed E-state index contributed by atoms with van der Waals surface area (Å²) in [5.74, 6) is 0. The van der Waals surface area contributed by atoms with E-state index in [-0.39, 0.29) is 30.3 Å². The second-order valence-electron chi connectivity index (χ2n) is 4.23. The number of benzene rings is 1. The third-order valence-corrected chi connectivity index (χ3v) is 4.23. The van der Waals surface area contributed by atoms with Crippen LogP contribution in [-0.4, -0.2) is 38.0 Å². The molecule has 2 N–H and O–H groups in total. The number of hydrogen-bond donors (Lipinski definition) is 2. The van der Waals surface area contributed by atoms with Gasteiger partial charge in [0.2, 0.25) is 0 Å². The largest absolute Gasteiger partial charge is 0.416 e. The first-order valence-electron chi connectivity index (χ1n) is 5.79. The van der Waals surface area contributed by atoms with Crippen LogP contribution < -0.4 is 4.72 Å². The van der Waals surface area contributed by atoms with Crippen molar-refractivity contribution >= 4 is 27.5 Å². The number of anilines is 1. The molecule has 120 valence electrons. The number of halogens is 4. The minimum absolute atomic E-state index is 0.0263. The summed E-state index contributed by atoms with van der Waals surface area (Å²) in [7, 11) is -2.78. The predicted molar refractivity (Wildman–Crippen MR) is 73.3 cm³/mol.